The molecule has 2 aliphatic heterocycles. The van der Waals surface area contributed by atoms with Crippen LogP contribution in [0.5, 0.6) is 0 Å². The molecule has 8 heteroatoms. The van der Waals surface area contributed by atoms with Crippen LogP contribution in [0.3, 0.4) is 0 Å². The van der Waals surface area contributed by atoms with E-state index in [1.165, 1.54) is 0 Å². The number of morpholine rings is 1. The van der Waals surface area contributed by atoms with E-state index in [2.05, 4.69) is 25.3 Å². The molecule has 2 saturated heterocycles. The number of carbonyl (C=O) groups is 1. The predicted molar refractivity (Wildman–Crippen MR) is 114 cm³/mol. The molecule has 2 aliphatic rings. The van der Waals surface area contributed by atoms with Crippen LogP contribution < -0.4 is 10.2 Å². The van der Waals surface area contributed by atoms with E-state index in [0.717, 1.165) is 82.9 Å². The van der Waals surface area contributed by atoms with Gasteiger partial charge >= 0.3 is 6.01 Å². The summed E-state index contributed by atoms with van der Waals surface area (Å²) in [5, 5.41) is 7.26. The molecule has 162 valence electrons. The second kappa shape index (κ2) is 10.0. The zero-order valence-electron chi connectivity index (χ0n) is 17.7. The summed E-state index contributed by atoms with van der Waals surface area (Å²) in [5.41, 5.74) is 2.10. The van der Waals surface area contributed by atoms with Gasteiger partial charge in [-0.3, -0.25) is 9.69 Å². The Morgan fingerprint density at radius 3 is 2.70 bits per heavy atom. The molecular weight excluding hydrogens is 382 g/mol. The molecule has 4 rings (SSSR count). The molecule has 0 bridgehead atoms. The molecule has 0 aliphatic carbocycles. The maximum absolute atomic E-state index is 12.5. The number of piperidine rings is 1. The van der Waals surface area contributed by atoms with Gasteiger partial charge in [-0.2, -0.15) is 4.98 Å². The van der Waals surface area contributed by atoms with Crippen LogP contribution >= 0.6 is 0 Å². The highest BCUT2D eigenvalue weighted by molar-refractivity contribution is 5.78. The van der Waals surface area contributed by atoms with Crippen LogP contribution in [0.15, 0.2) is 28.8 Å². The summed E-state index contributed by atoms with van der Waals surface area (Å²) >= 11 is 0. The van der Waals surface area contributed by atoms with Gasteiger partial charge in [0, 0.05) is 44.2 Å². The van der Waals surface area contributed by atoms with Crippen LogP contribution in [-0.4, -0.2) is 73.4 Å². The molecule has 0 unspecified atom stereocenters. The van der Waals surface area contributed by atoms with E-state index < -0.39 is 0 Å². The monoisotopic (exact) mass is 413 g/mol. The van der Waals surface area contributed by atoms with Crippen LogP contribution in [0.2, 0.25) is 0 Å². The van der Waals surface area contributed by atoms with E-state index in [9.17, 15) is 4.79 Å². The lowest BCUT2D eigenvalue weighted by molar-refractivity contribution is -0.125. The lowest BCUT2D eigenvalue weighted by Crippen LogP contribution is -2.42. The molecule has 0 spiro atoms. The van der Waals surface area contributed by atoms with Crippen LogP contribution in [0.1, 0.15) is 24.8 Å². The first-order valence-electron chi connectivity index (χ1n) is 10.9. The molecule has 30 heavy (non-hydrogen) atoms. The second-order valence-electron chi connectivity index (χ2n) is 8.08. The second-order valence-corrected chi connectivity index (χ2v) is 8.08. The van der Waals surface area contributed by atoms with E-state index in [0.29, 0.717) is 11.8 Å². The highest BCUT2D eigenvalue weighted by Crippen LogP contribution is 2.26. The molecular formula is C22H31N5O3. The summed E-state index contributed by atoms with van der Waals surface area (Å²) in [4.78, 5) is 21.6. The number of amides is 1. The van der Waals surface area contributed by atoms with Crippen LogP contribution in [0.25, 0.3) is 11.4 Å². The minimum absolute atomic E-state index is 0.0587. The number of nitrogens with one attached hydrogen (secondary N) is 1. The third-order valence-corrected chi connectivity index (χ3v) is 5.99. The number of nitrogens with zero attached hydrogens (tertiary/aromatic N) is 4. The van der Waals surface area contributed by atoms with E-state index in [1.54, 1.807) is 0 Å². The smallest absolute Gasteiger partial charge is 0.324 e. The number of carbonyl (C=O) groups excluding carboxylic acids is 1. The van der Waals surface area contributed by atoms with Crippen molar-refractivity contribution >= 4 is 11.9 Å². The Bertz CT molecular complexity index is 826. The number of rotatable bonds is 7. The molecule has 3 heterocycles. The van der Waals surface area contributed by atoms with E-state index in [4.69, 9.17) is 9.26 Å². The topological polar surface area (TPSA) is 83.7 Å². The zero-order valence-corrected chi connectivity index (χ0v) is 17.7. The summed E-state index contributed by atoms with van der Waals surface area (Å²) in [6.45, 7) is 8.91. The Balaban J connectivity index is 1.20. The summed E-state index contributed by atoms with van der Waals surface area (Å²) in [5.74, 6) is 0.842. The molecule has 0 radical (unpaired) electrons. The van der Waals surface area contributed by atoms with Crippen molar-refractivity contribution in [2.45, 2.75) is 26.2 Å². The Kier molecular flexibility index (Phi) is 6.96. The van der Waals surface area contributed by atoms with Gasteiger partial charge in [0.1, 0.15) is 0 Å². The van der Waals surface area contributed by atoms with Crippen molar-refractivity contribution in [3.05, 3.63) is 29.8 Å². The third kappa shape index (κ3) is 5.17. The average molecular weight is 414 g/mol. The van der Waals surface area contributed by atoms with Gasteiger partial charge in [0.25, 0.3) is 0 Å². The molecule has 1 amide bonds. The minimum Gasteiger partial charge on any atom is -0.379 e. The number of hydrogen-bond acceptors (Lipinski definition) is 7. The molecule has 1 aromatic carbocycles. The molecule has 1 aromatic heterocycles. The highest BCUT2D eigenvalue weighted by atomic mass is 16.5. The van der Waals surface area contributed by atoms with Gasteiger partial charge in [-0.15, -0.1) is 0 Å². The predicted octanol–water partition coefficient (Wildman–Crippen LogP) is 2.10. The quantitative estimate of drug-likeness (QED) is 0.696. The maximum Gasteiger partial charge on any atom is 0.324 e. The first-order chi connectivity index (χ1) is 14.7. The van der Waals surface area contributed by atoms with Crippen molar-refractivity contribution in [3.8, 4) is 11.4 Å². The molecule has 0 atom stereocenters. The van der Waals surface area contributed by atoms with Crippen LogP contribution in [0.4, 0.5) is 6.01 Å². The first-order valence-corrected chi connectivity index (χ1v) is 10.9. The van der Waals surface area contributed by atoms with Gasteiger partial charge in [0.15, 0.2) is 0 Å². The SMILES string of the molecule is Cc1ccccc1-c1noc(N2CCC(C(=O)NCCCN3CCOCC3)CC2)n1. The summed E-state index contributed by atoms with van der Waals surface area (Å²) in [7, 11) is 0. The third-order valence-electron chi connectivity index (χ3n) is 5.99. The number of benzene rings is 1. The fourth-order valence-corrected chi connectivity index (χ4v) is 4.09. The van der Waals surface area contributed by atoms with Crippen molar-refractivity contribution < 1.29 is 14.1 Å². The van der Waals surface area contributed by atoms with Gasteiger partial charge in [-0.05, 0) is 38.3 Å². The Hall–Kier alpha value is -2.45. The largest absolute Gasteiger partial charge is 0.379 e. The first kappa shape index (κ1) is 20.8. The standard InChI is InChI=1S/C22H31N5O3/c1-17-5-2-3-6-19(17)20-24-22(30-25-20)27-11-7-18(8-12-27)21(28)23-9-4-10-26-13-15-29-16-14-26/h2-3,5-6,18H,4,7-16H2,1H3,(H,23,28). The van der Waals surface area contributed by atoms with Crippen LogP contribution in [-0.2, 0) is 9.53 Å². The fraction of sp³-hybridized carbons (Fsp3) is 0.591. The Morgan fingerprint density at radius 2 is 1.93 bits per heavy atom. The molecule has 0 saturated carbocycles. The van der Waals surface area contributed by atoms with Crippen molar-refractivity contribution in [1.29, 1.82) is 0 Å². The van der Waals surface area contributed by atoms with Gasteiger partial charge < -0.3 is 19.5 Å². The number of hydrogen-bond donors (Lipinski definition) is 1. The lowest BCUT2D eigenvalue weighted by Gasteiger charge is -2.30. The van der Waals surface area contributed by atoms with Crippen molar-refractivity contribution in [2.75, 3.05) is 57.4 Å². The molecule has 2 aromatic rings. The highest BCUT2D eigenvalue weighted by Gasteiger charge is 2.27. The molecule has 2 fully saturated rings. The molecule has 1 N–H and O–H groups in total. The van der Waals surface area contributed by atoms with Crippen molar-refractivity contribution in [1.82, 2.24) is 20.4 Å². The van der Waals surface area contributed by atoms with Crippen LogP contribution in [0, 0.1) is 12.8 Å². The minimum atomic E-state index is 0.0587. The summed E-state index contributed by atoms with van der Waals surface area (Å²) in [6.07, 6.45) is 2.59. The van der Waals surface area contributed by atoms with E-state index >= 15 is 0 Å². The lowest BCUT2D eigenvalue weighted by atomic mass is 9.96. The fourth-order valence-electron chi connectivity index (χ4n) is 4.09. The van der Waals surface area contributed by atoms with E-state index in [1.807, 2.05) is 31.2 Å². The van der Waals surface area contributed by atoms with E-state index in [-0.39, 0.29) is 11.8 Å². The van der Waals surface area contributed by atoms with Gasteiger partial charge in [0.2, 0.25) is 11.7 Å². The van der Waals surface area contributed by atoms with Crippen molar-refractivity contribution in [2.24, 2.45) is 5.92 Å². The average Bonchev–Trinajstić information content (AvgIpc) is 3.28. The number of aromatic nitrogens is 2. The van der Waals surface area contributed by atoms with Gasteiger partial charge in [-0.25, -0.2) is 0 Å². The normalized spacial score (nSPS) is 18.5. The summed E-state index contributed by atoms with van der Waals surface area (Å²) < 4.78 is 10.9. The number of aryl methyl sites for hydroxylation is 1. The van der Waals surface area contributed by atoms with Crippen molar-refractivity contribution in [3.63, 3.8) is 0 Å². The Labute approximate surface area is 177 Å². The zero-order chi connectivity index (χ0) is 20.8. The Morgan fingerprint density at radius 1 is 1.17 bits per heavy atom. The number of anilines is 1. The number of ether oxygens (including phenoxy) is 1. The van der Waals surface area contributed by atoms with Gasteiger partial charge in [-0.1, -0.05) is 29.4 Å². The maximum atomic E-state index is 12.5. The van der Waals surface area contributed by atoms with Gasteiger partial charge in [0.05, 0.1) is 13.2 Å². The molecule has 8 nitrogen and oxygen atoms in total. The summed E-state index contributed by atoms with van der Waals surface area (Å²) in [6, 6.07) is 8.55.